The largest absolute Gasteiger partial charge is 0.463 e. The molecule has 0 amide bonds. The molecule has 0 saturated carbocycles. The Morgan fingerprint density at radius 1 is 0.460 bits per heavy atom. The highest BCUT2D eigenvalue weighted by Crippen LogP contribution is 2.35. The highest BCUT2D eigenvalue weighted by atomic mass is 32.2. The molecule has 1 aliphatic rings. The molecule has 0 aromatic heterocycles. The van der Waals surface area contributed by atoms with Crippen LogP contribution in [0, 0.1) is 0 Å². The first-order valence-electron chi connectivity index (χ1n) is 24.6. The second-order valence-corrected chi connectivity index (χ2v) is 18.3. The molecule has 0 aromatic rings. The van der Waals surface area contributed by atoms with Gasteiger partial charge in [-0.3, -0.25) is 28.8 Å². The summed E-state index contributed by atoms with van der Waals surface area (Å²) in [6.07, 6.45) is 25.5. The van der Waals surface area contributed by atoms with Crippen LogP contribution in [-0.4, -0.2) is 90.7 Å². The molecular formula is C49H86O13S. The van der Waals surface area contributed by atoms with Crippen molar-refractivity contribution in [3.63, 3.8) is 0 Å². The molecule has 13 nitrogen and oxygen atoms in total. The topological polar surface area (TPSA) is 167 Å². The van der Waals surface area contributed by atoms with Gasteiger partial charge in [0, 0.05) is 46.3 Å². The van der Waals surface area contributed by atoms with E-state index in [-0.39, 0.29) is 37.8 Å². The summed E-state index contributed by atoms with van der Waals surface area (Å²) in [5.74, 6) is -3.55. The van der Waals surface area contributed by atoms with Gasteiger partial charge in [-0.05, 0) is 12.8 Å². The summed E-state index contributed by atoms with van der Waals surface area (Å²) in [6.45, 7) is 8.63. The lowest BCUT2D eigenvalue weighted by atomic mass is 9.99. The standard InChI is InChI=1S/C49H86O13S/c1-7-9-11-13-15-17-19-21-23-25-27-29-31-33-44(54)57-35-42(61-45(55)34-32-30-28-26-24-22-20-18-16-14-12-10-8-2)37-63-49-48(60-41(6)53)47(59-40(5)52)46(58-39(4)51)43(62-49)36-56-38(3)50/h42-43,46-49H,7-37H2,1-6H3/t42-,43-,46+,47+,48-,49+/m1/s1. The SMILES string of the molecule is CCCCCCCCCCCCCCCC(=O)OC[C@H](CS[C@@H]1O[C@H](COC(C)=O)[C@H](OC(C)=O)[C@H](OC(C)=O)[C@H]1OC(C)=O)OC(=O)CCCCCCCCCCCCCCC. The highest BCUT2D eigenvalue weighted by Gasteiger charge is 2.52. The van der Waals surface area contributed by atoms with Crippen LogP contribution in [0.2, 0.25) is 0 Å². The van der Waals surface area contributed by atoms with E-state index in [1.54, 1.807) is 0 Å². The van der Waals surface area contributed by atoms with Crippen LogP contribution in [0.1, 0.15) is 221 Å². The molecule has 366 valence electrons. The third kappa shape index (κ3) is 31.6. The van der Waals surface area contributed by atoms with E-state index in [0.717, 1.165) is 64.1 Å². The normalized spacial score (nSPS) is 18.9. The van der Waals surface area contributed by atoms with Gasteiger partial charge in [0.05, 0.1) is 0 Å². The Balaban J connectivity index is 2.85. The summed E-state index contributed by atoms with van der Waals surface area (Å²) in [5, 5.41) is 0. The van der Waals surface area contributed by atoms with Gasteiger partial charge < -0.3 is 33.2 Å². The molecule has 14 heteroatoms. The van der Waals surface area contributed by atoms with E-state index >= 15 is 0 Å². The van der Waals surface area contributed by atoms with E-state index in [9.17, 15) is 28.8 Å². The molecule has 6 atom stereocenters. The van der Waals surface area contributed by atoms with Gasteiger partial charge in [-0.2, -0.15) is 0 Å². The van der Waals surface area contributed by atoms with Crippen LogP contribution in [0.25, 0.3) is 0 Å². The van der Waals surface area contributed by atoms with Gasteiger partial charge in [0.15, 0.2) is 18.3 Å². The molecule has 1 fully saturated rings. The van der Waals surface area contributed by atoms with Crippen molar-refractivity contribution in [2.75, 3.05) is 19.0 Å². The molecule has 1 rings (SSSR count). The number of hydrogen-bond donors (Lipinski definition) is 0. The van der Waals surface area contributed by atoms with Crippen LogP contribution in [0.5, 0.6) is 0 Å². The number of carbonyl (C=O) groups excluding carboxylic acids is 6. The molecule has 63 heavy (non-hydrogen) atoms. The molecule has 0 unspecified atom stereocenters. The Morgan fingerprint density at radius 2 is 0.841 bits per heavy atom. The molecule has 0 spiro atoms. The number of unbranched alkanes of at least 4 members (excludes halogenated alkanes) is 24. The minimum Gasteiger partial charge on any atom is -0.463 e. The van der Waals surface area contributed by atoms with Crippen LogP contribution in [-0.2, 0) is 61.9 Å². The van der Waals surface area contributed by atoms with Gasteiger partial charge in [0.2, 0.25) is 0 Å². The Bertz CT molecular complexity index is 1250. The van der Waals surface area contributed by atoms with E-state index in [0.29, 0.717) is 12.8 Å². The maximum atomic E-state index is 13.2. The molecule has 0 radical (unpaired) electrons. The third-order valence-electron chi connectivity index (χ3n) is 11.1. The number of carbonyl (C=O) groups is 6. The van der Waals surface area contributed by atoms with Gasteiger partial charge in [-0.15, -0.1) is 11.8 Å². The van der Waals surface area contributed by atoms with Gasteiger partial charge in [-0.25, -0.2) is 0 Å². The lowest BCUT2D eigenvalue weighted by Crippen LogP contribution is -2.61. The first-order valence-corrected chi connectivity index (χ1v) is 25.7. The number of rotatable bonds is 39. The zero-order valence-corrected chi connectivity index (χ0v) is 40.9. The Morgan fingerprint density at radius 3 is 1.25 bits per heavy atom. The van der Waals surface area contributed by atoms with Crippen LogP contribution in [0.15, 0.2) is 0 Å². The van der Waals surface area contributed by atoms with E-state index in [1.165, 1.54) is 129 Å². The first kappa shape index (κ1) is 58.1. The van der Waals surface area contributed by atoms with E-state index < -0.39 is 65.8 Å². The third-order valence-corrected chi connectivity index (χ3v) is 12.4. The van der Waals surface area contributed by atoms with E-state index in [1.807, 2.05) is 0 Å². The quantitative estimate of drug-likeness (QED) is 0.0324. The molecule has 1 saturated heterocycles. The molecule has 1 heterocycles. The number of esters is 6. The molecule has 0 bridgehead atoms. The number of ether oxygens (including phenoxy) is 7. The maximum Gasteiger partial charge on any atom is 0.306 e. The molecule has 0 N–H and O–H groups in total. The van der Waals surface area contributed by atoms with Crippen LogP contribution < -0.4 is 0 Å². The summed E-state index contributed by atoms with van der Waals surface area (Å²) in [5.41, 5.74) is -1.06. The minimum atomic E-state index is -1.32. The Hall–Kier alpha value is -2.87. The zero-order chi connectivity index (χ0) is 46.5. The Labute approximate surface area is 384 Å². The predicted molar refractivity (Wildman–Crippen MR) is 246 cm³/mol. The second kappa shape index (κ2) is 38.4. The average molecular weight is 915 g/mol. The van der Waals surface area contributed by atoms with Crippen molar-refractivity contribution in [3.05, 3.63) is 0 Å². The molecular weight excluding hydrogens is 829 g/mol. The fraction of sp³-hybridized carbons (Fsp3) is 0.878. The summed E-state index contributed by atoms with van der Waals surface area (Å²) in [7, 11) is 0. The summed E-state index contributed by atoms with van der Waals surface area (Å²) >= 11 is 1.08. The van der Waals surface area contributed by atoms with Gasteiger partial charge in [-0.1, -0.05) is 168 Å². The maximum absolute atomic E-state index is 13.2. The lowest BCUT2D eigenvalue weighted by Gasteiger charge is -2.44. The molecule has 0 aromatic carbocycles. The van der Waals surface area contributed by atoms with Crippen molar-refractivity contribution < 1.29 is 61.9 Å². The smallest absolute Gasteiger partial charge is 0.306 e. The summed E-state index contributed by atoms with van der Waals surface area (Å²) in [6, 6.07) is 0. The van der Waals surface area contributed by atoms with Crippen molar-refractivity contribution in [2.24, 2.45) is 0 Å². The summed E-state index contributed by atoms with van der Waals surface area (Å²) < 4.78 is 39.6. The first-order chi connectivity index (χ1) is 30.4. The monoisotopic (exact) mass is 915 g/mol. The number of thioether (sulfide) groups is 1. The van der Waals surface area contributed by atoms with Crippen molar-refractivity contribution in [1.82, 2.24) is 0 Å². The van der Waals surface area contributed by atoms with Crippen molar-refractivity contribution in [3.8, 4) is 0 Å². The van der Waals surface area contributed by atoms with Crippen LogP contribution in [0.3, 0.4) is 0 Å². The van der Waals surface area contributed by atoms with Crippen LogP contribution >= 0.6 is 11.8 Å². The fourth-order valence-corrected chi connectivity index (χ4v) is 8.91. The van der Waals surface area contributed by atoms with Crippen molar-refractivity contribution >= 4 is 47.6 Å². The highest BCUT2D eigenvalue weighted by molar-refractivity contribution is 7.99. The summed E-state index contributed by atoms with van der Waals surface area (Å²) in [4.78, 5) is 74.6. The van der Waals surface area contributed by atoms with Crippen molar-refractivity contribution in [2.45, 2.75) is 257 Å². The number of hydrogen-bond acceptors (Lipinski definition) is 14. The van der Waals surface area contributed by atoms with Gasteiger partial charge in [0.25, 0.3) is 0 Å². The Kier molecular flexibility index (Phi) is 35.4. The average Bonchev–Trinajstić information content (AvgIpc) is 3.22. The molecule has 1 aliphatic heterocycles. The van der Waals surface area contributed by atoms with E-state index in [4.69, 9.17) is 33.2 Å². The molecule has 0 aliphatic carbocycles. The lowest BCUT2D eigenvalue weighted by molar-refractivity contribution is -0.237. The zero-order valence-electron chi connectivity index (χ0n) is 40.1. The van der Waals surface area contributed by atoms with Gasteiger partial charge >= 0.3 is 35.8 Å². The minimum absolute atomic E-state index is 0.0457. The van der Waals surface area contributed by atoms with E-state index in [2.05, 4.69) is 13.8 Å². The predicted octanol–water partition coefficient (Wildman–Crippen LogP) is 11.2. The van der Waals surface area contributed by atoms with Crippen LogP contribution in [0.4, 0.5) is 0 Å². The van der Waals surface area contributed by atoms with Crippen molar-refractivity contribution in [1.29, 1.82) is 0 Å². The second-order valence-electron chi connectivity index (χ2n) is 17.2. The fourth-order valence-electron chi connectivity index (χ4n) is 7.72. The van der Waals surface area contributed by atoms with Gasteiger partial charge in [0.1, 0.15) is 30.9 Å².